The van der Waals surface area contributed by atoms with E-state index in [1.165, 1.54) is 6.07 Å². The Hall–Kier alpha value is -4.12. The second kappa shape index (κ2) is 10.4. The van der Waals surface area contributed by atoms with Gasteiger partial charge in [0.1, 0.15) is 5.82 Å². The number of carbonyl (C=O) groups is 1. The molecule has 0 spiro atoms. The fourth-order valence-electron chi connectivity index (χ4n) is 3.28. The molecule has 0 fully saturated rings. The molecule has 0 saturated heterocycles. The number of amides is 1. The lowest BCUT2D eigenvalue weighted by atomic mass is 10.2. The minimum Gasteiger partial charge on any atom is -0.352 e. The Kier molecular flexibility index (Phi) is 7.16. The highest BCUT2D eigenvalue weighted by atomic mass is 35.5. The maximum absolute atomic E-state index is 13.7. The fraction of sp³-hybridized carbons (Fsp3) is 0.217. The summed E-state index contributed by atoms with van der Waals surface area (Å²) in [5, 5.41) is 11.1. The highest BCUT2D eigenvalue weighted by molar-refractivity contribution is 6.30. The van der Waals surface area contributed by atoms with E-state index in [1.54, 1.807) is 49.4 Å². The van der Waals surface area contributed by atoms with E-state index in [0.29, 0.717) is 16.3 Å². The zero-order valence-corrected chi connectivity index (χ0v) is 19.3. The van der Waals surface area contributed by atoms with Crippen LogP contribution in [0.4, 0.5) is 4.39 Å². The van der Waals surface area contributed by atoms with Gasteiger partial charge in [0.25, 0.3) is 5.56 Å². The summed E-state index contributed by atoms with van der Waals surface area (Å²) in [4.78, 5) is 41.9. The van der Waals surface area contributed by atoms with Crippen molar-refractivity contribution in [2.24, 2.45) is 0 Å². The van der Waals surface area contributed by atoms with E-state index in [-0.39, 0.29) is 49.2 Å². The molecule has 4 aromatic rings. The van der Waals surface area contributed by atoms with Gasteiger partial charge in [-0.2, -0.15) is 14.8 Å². The Morgan fingerprint density at radius 2 is 1.89 bits per heavy atom. The third-order valence-corrected chi connectivity index (χ3v) is 5.38. The molecule has 2 heterocycles. The fourth-order valence-corrected chi connectivity index (χ4v) is 3.41. The van der Waals surface area contributed by atoms with Crippen LogP contribution in [0.2, 0.25) is 5.02 Å². The van der Waals surface area contributed by atoms with Crippen LogP contribution >= 0.6 is 11.6 Å². The number of hydrogen-bond acceptors (Lipinski definition) is 7. The molecule has 0 aliphatic heterocycles. The predicted molar refractivity (Wildman–Crippen MR) is 125 cm³/mol. The smallest absolute Gasteiger partial charge is 0.352 e. The van der Waals surface area contributed by atoms with Crippen molar-refractivity contribution in [2.45, 2.75) is 32.9 Å². The maximum Gasteiger partial charge on any atom is 0.352 e. The Labute approximate surface area is 203 Å². The molecule has 0 aliphatic carbocycles. The Balaban J connectivity index is 1.51. The predicted octanol–water partition coefficient (Wildman–Crippen LogP) is 2.51. The summed E-state index contributed by atoms with van der Waals surface area (Å²) in [6.45, 7) is 1.81. The van der Waals surface area contributed by atoms with Crippen LogP contribution in [0.5, 0.6) is 0 Å². The van der Waals surface area contributed by atoms with Crippen LogP contribution in [-0.4, -0.2) is 30.4 Å². The van der Waals surface area contributed by atoms with Crippen molar-refractivity contribution in [1.82, 2.24) is 29.8 Å². The summed E-state index contributed by atoms with van der Waals surface area (Å²) >= 11 is 5.92. The van der Waals surface area contributed by atoms with Gasteiger partial charge in [0.05, 0.1) is 5.69 Å². The summed E-state index contributed by atoms with van der Waals surface area (Å²) in [5.41, 5.74) is -0.704. The molecule has 0 radical (unpaired) electrons. The average molecular weight is 499 g/mol. The van der Waals surface area contributed by atoms with Crippen molar-refractivity contribution in [1.29, 1.82) is 0 Å². The molecule has 2 aromatic heterocycles. The Morgan fingerprint density at radius 1 is 1.14 bits per heavy atom. The number of aryl methyl sites for hydroxylation is 1. The molecule has 0 unspecified atom stereocenters. The van der Waals surface area contributed by atoms with Gasteiger partial charge in [0.2, 0.25) is 17.6 Å². The second-order valence-electron chi connectivity index (χ2n) is 7.45. The molecule has 0 aliphatic rings. The lowest BCUT2D eigenvalue weighted by Crippen LogP contribution is -2.41. The van der Waals surface area contributed by atoms with E-state index in [0.717, 1.165) is 9.25 Å². The van der Waals surface area contributed by atoms with E-state index < -0.39 is 17.1 Å². The molecule has 4 rings (SSSR count). The molecular weight excluding hydrogens is 479 g/mol. The summed E-state index contributed by atoms with van der Waals surface area (Å²) < 4.78 is 20.9. The third kappa shape index (κ3) is 5.35. The molecule has 180 valence electrons. The molecule has 12 heteroatoms. The first-order valence-corrected chi connectivity index (χ1v) is 11.1. The van der Waals surface area contributed by atoms with Gasteiger partial charge in [-0.15, -0.1) is 0 Å². The first kappa shape index (κ1) is 24.0. The van der Waals surface area contributed by atoms with E-state index >= 15 is 0 Å². The Morgan fingerprint density at radius 3 is 2.60 bits per heavy atom. The molecule has 2 aromatic carbocycles. The SMILES string of the molecule is CCn1c(=O)c(-c2noc(CCC(=O)NCc3ccccc3F)n2)nn(-c2ccc(Cl)cc2)c1=O. The second-order valence-corrected chi connectivity index (χ2v) is 7.89. The van der Waals surface area contributed by atoms with Crippen molar-refractivity contribution in [3.05, 3.63) is 91.7 Å². The van der Waals surface area contributed by atoms with Crippen LogP contribution in [0.1, 0.15) is 24.8 Å². The van der Waals surface area contributed by atoms with Crippen LogP contribution < -0.4 is 16.6 Å². The minimum atomic E-state index is -0.669. The van der Waals surface area contributed by atoms with Gasteiger partial charge in [0.15, 0.2) is 5.69 Å². The van der Waals surface area contributed by atoms with Gasteiger partial charge in [-0.1, -0.05) is 35.0 Å². The van der Waals surface area contributed by atoms with Crippen molar-refractivity contribution >= 4 is 17.5 Å². The van der Waals surface area contributed by atoms with Crippen molar-refractivity contribution in [3.63, 3.8) is 0 Å². The molecule has 0 bridgehead atoms. The molecule has 0 saturated carbocycles. The monoisotopic (exact) mass is 498 g/mol. The molecule has 35 heavy (non-hydrogen) atoms. The zero-order chi connectivity index (χ0) is 24.9. The number of aromatic nitrogens is 5. The standard InChI is InChI=1S/C23H20ClFN6O4/c1-2-30-22(33)20(28-31(23(30)34)16-9-7-15(24)8-10-16)21-27-19(35-29-21)12-11-18(32)26-13-14-5-3-4-6-17(14)25/h3-10H,2,11-13H2,1H3,(H,26,32). The summed E-state index contributed by atoms with van der Waals surface area (Å²) in [5.74, 6) is -0.744. The van der Waals surface area contributed by atoms with Crippen molar-refractivity contribution < 1.29 is 13.7 Å². The van der Waals surface area contributed by atoms with Gasteiger partial charge in [-0.3, -0.25) is 14.2 Å². The lowest BCUT2D eigenvalue weighted by Gasteiger charge is -2.09. The van der Waals surface area contributed by atoms with E-state index in [2.05, 4.69) is 20.6 Å². The summed E-state index contributed by atoms with van der Waals surface area (Å²) in [7, 11) is 0. The topological polar surface area (TPSA) is 125 Å². The average Bonchev–Trinajstić information content (AvgIpc) is 3.32. The van der Waals surface area contributed by atoms with Gasteiger partial charge in [-0.05, 0) is 37.3 Å². The number of halogens is 2. The minimum absolute atomic E-state index is 0.00692. The normalized spacial score (nSPS) is 10.9. The maximum atomic E-state index is 13.7. The number of rotatable bonds is 8. The molecule has 10 nitrogen and oxygen atoms in total. The van der Waals surface area contributed by atoms with Crippen LogP contribution in [-0.2, 0) is 24.3 Å². The van der Waals surface area contributed by atoms with Gasteiger partial charge < -0.3 is 9.84 Å². The van der Waals surface area contributed by atoms with E-state index in [1.807, 2.05) is 0 Å². The van der Waals surface area contributed by atoms with Gasteiger partial charge in [0, 0.05) is 36.5 Å². The third-order valence-electron chi connectivity index (χ3n) is 5.13. The largest absolute Gasteiger partial charge is 0.352 e. The molecule has 0 atom stereocenters. The first-order chi connectivity index (χ1) is 16.9. The van der Waals surface area contributed by atoms with Crippen molar-refractivity contribution in [3.8, 4) is 17.2 Å². The highest BCUT2D eigenvalue weighted by Gasteiger charge is 2.20. The number of nitrogens with zero attached hydrogens (tertiary/aromatic N) is 5. The number of hydrogen-bond donors (Lipinski definition) is 1. The Bertz CT molecular complexity index is 1480. The summed E-state index contributed by atoms with van der Waals surface area (Å²) in [6, 6.07) is 12.5. The van der Waals surface area contributed by atoms with Crippen LogP contribution in [0, 0.1) is 5.82 Å². The van der Waals surface area contributed by atoms with Crippen LogP contribution in [0.3, 0.4) is 0 Å². The summed E-state index contributed by atoms with van der Waals surface area (Å²) in [6.07, 6.45) is 0.0991. The molecule has 1 N–H and O–H groups in total. The zero-order valence-electron chi connectivity index (χ0n) is 18.6. The number of nitrogens with one attached hydrogen (secondary N) is 1. The molecular formula is C23H20ClFN6O4. The van der Waals surface area contributed by atoms with E-state index in [9.17, 15) is 18.8 Å². The quantitative estimate of drug-likeness (QED) is 0.395. The molecule has 1 amide bonds. The van der Waals surface area contributed by atoms with Crippen LogP contribution in [0.15, 0.2) is 62.6 Å². The number of carbonyl (C=O) groups excluding carboxylic acids is 1. The van der Waals surface area contributed by atoms with E-state index in [4.69, 9.17) is 16.1 Å². The van der Waals surface area contributed by atoms with Gasteiger partial charge in [-0.25, -0.2) is 9.18 Å². The van der Waals surface area contributed by atoms with Crippen LogP contribution in [0.25, 0.3) is 17.2 Å². The lowest BCUT2D eigenvalue weighted by molar-refractivity contribution is -0.121. The van der Waals surface area contributed by atoms with Gasteiger partial charge >= 0.3 is 5.69 Å². The first-order valence-electron chi connectivity index (χ1n) is 10.7. The number of benzene rings is 2. The highest BCUT2D eigenvalue weighted by Crippen LogP contribution is 2.14. The van der Waals surface area contributed by atoms with Crippen molar-refractivity contribution in [2.75, 3.05) is 0 Å².